The second kappa shape index (κ2) is 8.70. The van der Waals surface area contributed by atoms with E-state index in [0.717, 1.165) is 28.0 Å². The van der Waals surface area contributed by atoms with Crippen molar-refractivity contribution in [1.29, 1.82) is 0 Å². The number of nitrogens with zero attached hydrogens (tertiary/aromatic N) is 3. The molecule has 1 aromatic carbocycles. The molecule has 2 aromatic rings. The van der Waals surface area contributed by atoms with Crippen molar-refractivity contribution in [3.05, 3.63) is 63.9 Å². The first kappa shape index (κ1) is 22.0. The van der Waals surface area contributed by atoms with Crippen molar-refractivity contribution in [2.45, 2.75) is 18.9 Å². The average molecular weight is 462 g/mol. The lowest BCUT2D eigenvalue weighted by Crippen LogP contribution is -2.49. The lowest BCUT2D eigenvalue weighted by molar-refractivity contribution is -0.136. The molecule has 9 heteroatoms. The van der Waals surface area contributed by atoms with E-state index in [1.807, 2.05) is 36.4 Å². The van der Waals surface area contributed by atoms with Crippen LogP contribution in [0.5, 0.6) is 0 Å². The van der Waals surface area contributed by atoms with Gasteiger partial charge in [-0.15, -0.1) is 0 Å². The van der Waals surface area contributed by atoms with Crippen LogP contribution < -0.4 is 0 Å². The summed E-state index contributed by atoms with van der Waals surface area (Å²) in [6.07, 6.45) is 5.40. The molecule has 1 N–H and O–H groups in total. The zero-order valence-electron chi connectivity index (χ0n) is 17.2. The van der Waals surface area contributed by atoms with Gasteiger partial charge in [0.2, 0.25) is 10.0 Å². The van der Waals surface area contributed by atoms with Crippen LogP contribution in [-0.2, 0) is 14.8 Å². The van der Waals surface area contributed by atoms with E-state index in [-0.39, 0.29) is 12.5 Å². The van der Waals surface area contributed by atoms with Gasteiger partial charge in [0, 0.05) is 49.4 Å². The van der Waals surface area contributed by atoms with Crippen LogP contribution in [0.2, 0.25) is 5.02 Å². The Bertz CT molecular complexity index is 1140. The molecule has 1 atom stereocenters. The predicted octanol–water partition coefficient (Wildman–Crippen LogP) is 3.12. The van der Waals surface area contributed by atoms with Gasteiger partial charge in [-0.3, -0.25) is 14.7 Å². The first-order valence-electron chi connectivity index (χ1n) is 10.1. The highest BCUT2D eigenvalue weighted by atomic mass is 35.5. The largest absolute Gasteiger partial charge is 0.481 e. The van der Waals surface area contributed by atoms with E-state index in [4.69, 9.17) is 16.6 Å². The highest BCUT2D eigenvalue weighted by molar-refractivity contribution is 7.88. The molecule has 0 amide bonds. The summed E-state index contributed by atoms with van der Waals surface area (Å²) in [5.41, 5.74) is 4.65. The molecule has 1 fully saturated rings. The monoisotopic (exact) mass is 461 g/mol. The molecule has 1 saturated heterocycles. The van der Waals surface area contributed by atoms with Gasteiger partial charge in [-0.1, -0.05) is 29.8 Å². The number of rotatable bonds is 5. The first-order chi connectivity index (χ1) is 14.7. The summed E-state index contributed by atoms with van der Waals surface area (Å²) >= 11 is 6.29. The standard InChI is InChI=1S/C22H24ClN3O4S/c1-31(29,30)26-11-9-25(10-12-26)22-19-6-5-17(23)14-16(19)13-15(4-7-20(27)28)18-3-2-8-24-21(18)22/h2-3,5-6,8,13-14,22H,4,7,9-12H2,1H3,(H,27,28). The summed E-state index contributed by atoms with van der Waals surface area (Å²) in [5.74, 6) is -0.852. The number of carbonyl (C=O) groups is 1. The molecule has 4 rings (SSSR count). The second-order valence-corrected chi connectivity index (χ2v) is 10.3. The molecule has 1 unspecified atom stereocenters. The maximum Gasteiger partial charge on any atom is 0.303 e. The van der Waals surface area contributed by atoms with Gasteiger partial charge in [-0.05, 0) is 41.3 Å². The highest BCUT2D eigenvalue weighted by Crippen LogP contribution is 2.41. The van der Waals surface area contributed by atoms with Gasteiger partial charge in [-0.25, -0.2) is 8.42 Å². The number of aromatic nitrogens is 1. The van der Waals surface area contributed by atoms with Crippen LogP contribution in [0.4, 0.5) is 0 Å². The minimum absolute atomic E-state index is 0.0216. The molecule has 0 radical (unpaired) electrons. The molecule has 31 heavy (non-hydrogen) atoms. The van der Waals surface area contributed by atoms with Crippen molar-refractivity contribution >= 4 is 39.2 Å². The topological polar surface area (TPSA) is 90.8 Å². The van der Waals surface area contributed by atoms with Crippen molar-refractivity contribution in [3.8, 4) is 0 Å². The number of hydrogen-bond donors (Lipinski definition) is 1. The number of allylic oxidation sites excluding steroid dienone is 1. The third-order valence-electron chi connectivity index (χ3n) is 5.83. The maximum atomic E-state index is 12.0. The smallest absolute Gasteiger partial charge is 0.303 e. The molecule has 0 bridgehead atoms. The summed E-state index contributed by atoms with van der Waals surface area (Å²) in [4.78, 5) is 18.2. The van der Waals surface area contributed by atoms with E-state index < -0.39 is 16.0 Å². The van der Waals surface area contributed by atoms with Crippen LogP contribution in [0.15, 0.2) is 36.5 Å². The molecule has 0 saturated carbocycles. The van der Waals surface area contributed by atoms with E-state index in [2.05, 4.69) is 4.90 Å². The lowest BCUT2D eigenvalue weighted by atomic mass is 9.95. The Morgan fingerprint density at radius 3 is 2.65 bits per heavy atom. The van der Waals surface area contributed by atoms with Gasteiger partial charge >= 0.3 is 5.97 Å². The van der Waals surface area contributed by atoms with Gasteiger partial charge < -0.3 is 5.11 Å². The zero-order chi connectivity index (χ0) is 22.2. The molecule has 1 aliphatic heterocycles. The van der Waals surface area contributed by atoms with Gasteiger partial charge in [0.15, 0.2) is 0 Å². The van der Waals surface area contributed by atoms with Gasteiger partial charge in [0.1, 0.15) is 0 Å². The molecule has 1 aliphatic carbocycles. The highest BCUT2D eigenvalue weighted by Gasteiger charge is 2.34. The van der Waals surface area contributed by atoms with Crippen LogP contribution in [0, 0.1) is 0 Å². The Kier molecular flexibility index (Phi) is 6.16. The van der Waals surface area contributed by atoms with Gasteiger partial charge in [-0.2, -0.15) is 4.31 Å². The summed E-state index contributed by atoms with van der Waals surface area (Å²) in [6, 6.07) is 9.38. The number of aliphatic carboxylic acids is 1. The molecule has 164 valence electrons. The number of fused-ring (bicyclic) bond motifs is 2. The summed E-state index contributed by atoms with van der Waals surface area (Å²) in [7, 11) is -3.23. The third-order valence-corrected chi connectivity index (χ3v) is 7.37. The molecule has 0 spiro atoms. The molecular formula is C22H24ClN3O4S. The fourth-order valence-corrected chi connectivity index (χ4v) is 5.36. The number of carboxylic acids is 1. The fraction of sp³-hybridized carbons (Fsp3) is 0.364. The minimum Gasteiger partial charge on any atom is -0.481 e. The Balaban J connectivity index is 1.79. The predicted molar refractivity (Wildman–Crippen MR) is 120 cm³/mol. The molecule has 1 aromatic heterocycles. The van der Waals surface area contributed by atoms with E-state index in [9.17, 15) is 18.3 Å². The lowest BCUT2D eigenvalue weighted by Gasteiger charge is -2.38. The summed E-state index contributed by atoms with van der Waals surface area (Å²) < 4.78 is 25.4. The van der Waals surface area contributed by atoms with Crippen LogP contribution in [-0.4, -0.2) is 66.1 Å². The van der Waals surface area contributed by atoms with E-state index in [1.54, 1.807) is 6.20 Å². The number of hydrogen-bond acceptors (Lipinski definition) is 5. The number of carboxylic acid groups (broad SMARTS) is 1. The number of benzene rings is 1. The van der Waals surface area contributed by atoms with Crippen molar-refractivity contribution in [2.24, 2.45) is 0 Å². The van der Waals surface area contributed by atoms with E-state index in [1.165, 1.54) is 10.6 Å². The van der Waals surface area contributed by atoms with Gasteiger partial charge in [0.05, 0.1) is 18.0 Å². The zero-order valence-corrected chi connectivity index (χ0v) is 18.7. The molecule has 2 heterocycles. The second-order valence-electron chi connectivity index (χ2n) is 7.87. The van der Waals surface area contributed by atoms with Crippen LogP contribution in [0.25, 0.3) is 11.6 Å². The summed E-state index contributed by atoms with van der Waals surface area (Å²) in [6.45, 7) is 1.97. The van der Waals surface area contributed by atoms with Crippen LogP contribution in [0.1, 0.15) is 41.3 Å². The average Bonchev–Trinajstić information content (AvgIpc) is 2.86. The van der Waals surface area contributed by atoms with Crippen molar-refractivity contribution in [2.75, 3.05) is 32.4 Å². The van der Waals surface area contributed by atoms with Crippen LogP contribution in [0.3, 0.4) is 0 Å². The number of sulfonamides is 1. The SMILES string of the molecule is CS(=O)(=O)N1CCN(C2c3ccc(Cl)cc3C=C(CCC(=O)O)c3cccnc32)CC1. The molecule has 2 aliphatic rings. The number of piperazine rings is 1. The normalized spacial score (nSPS) is 19.8. The Morgan fingerprint density at radius 1 is 1.23 bits per heavy atom. The third kappa shape index (κ3) is 4.67. The molecule has 7 nitrogen and oxygen atoms in total. The quantitative estimate of drug-likeness (QED) is 0.735. The van der Waals surface area contributed by atoms with Crippen LogP contribution >= 0.6 is 11.6 Å². The van der Waals surface area contributed by atoms with E-state index >= 15 is 0 Å². The van der Waals surface area contributed by atoms with E-state index in [0.29, 0.717) is 37.6 Å². The van der Waals surface area contributed by atoms with Gasteiger partial charge in [0.25, 0.3) is 0 Å². The fourth-order valence-electron chi connectivity index (χ4n) is 4.35. The van der Waals surface area contributed by atoms with Crippen molar-refractivity contribution in [3.63, 3.8) is 0 Å². The summed E-state index contributed by atoms with van der Waals surface area (Å²) in [5, 5.41) is 9.83. The van der Waals surface area contributed by atoms with Crippen molar-refractivity contribution < 1.29 is 18.3 Å². The number of halogens is 1. The Hall–Kier alpha value is -2.26. The maximum absolute atomic E-state index is 12.0. The first-order valence-corrected chi connectivity index (χ1v) is 12.3. The minimum atomic E-state index is -3.23. The molecular weight excluding hydrogens is 438 g/mol. The Morgan fingerprint density at radius 2 is 1.97 bits per heavy atom. The Labute approximate surface area is 187 Å². The number of pyridine rings is 1. The van der Waals surface area contributed by atoms with Crippen molar-refractivity contribution in [1.82, 2.24) is 14.2 Å².